The monoisotopic (exact) mass is 123 g/mol. The number of hydrogen-bond donors (Lipinski definition) is 0. The minimum absolute atomic E-state index is 0.0463. The molecule has 0 saturated carbocycles. The molecule has 0 atom stereocenters. The van der Waals surface area contributed by atoms with E-state index in [0.717, 1.165) is 6.20 Å². The van der Waals surface area contributed by atoms with E-state index >= 15 is 0 Å². The number of aromatic nitrogens is 2. The maximum atomic E-state index is 10.0. The van der Waals surface area contributed by atoms with E-state index < -0.39 is 5.97 Å². The molecule has 0 aromatic carbocycles. The maximum absolute atomic E-state index is 10.0. The van der Waals surface area contributed by atoms with Crippen LogP contribution in [0.5, 0.6) is 0 Å². The van der Waals surface area contributed by atoms with Crippen molar-refractivity contribution in [1.82, 2.24) is 10.2 Å². The van der Waals surface area contributed by atoms with E-state index in [-0.39, 0.29) is 5.56 Å². The van der Waals surface area contributed by atoms with Crippen LogP contribution in [0.25, 0.3) is 0 Å². The molecule has 1 aromatic heterocycles. The Morgan fingerprint density at radius 3 is 2.67 bits per heavy atom. The van der Waals surface area contributed by atoms with Crippen LogP contribution in [0.3, 0.4) is 0 Å². The molecule has 0 unspecified atom stereocenters. The third-order valence-corrected chi connectivity index (χ3v) is 0.820. The summed E-state index contributed by atoms with van der Waals surface area (Å²) in [7, 11) is 0. The lowest BCUT2D eigenvalue weighted by molar-refractivity contribution is -0.255. The van der Waals surface area contributed by atoms with E-state index in [1.807, 2.05) is 0 Å². The van der Waals surface area contributed by atoms with E-state index in [9.17, 15) is 9.90 Å². The molecule has 0 N–H and O–H groups in total. The normalized spacial score (nSPS) is 8.89. The van der Waals surface area contributed by atoms with E-state index in [4.69, 9.17) is 0 Å². The molecule has 0 spiro atoms. The van der Waals surface area contributed by atoms with Crippen LogP contribution in [0.2, 0.25) is 0 Å². The molecule has 46 valence electrons. The van der Waals surface area contributed by atoms with Crippen molar-refractivity contribution in [2.24, 2.45) is 0 Å². The predicted molar refractivity (Wildman–Crippen MR) is 26.4 cm³/mol. The van der Waals surface area contributed by atoms with Crippen molar-refractivity contribution >= 4 is 5.97 Å². The molecule has 0 aliphatic carbocycles. The summed E-state index contributed by atoms with van der Waals surface area (Å²) in [5.41, 5.74) is 0.0463. The van der Waals surface area contributed by atoms with Gasteiger partial charge in [-0.1, -0.05) is 0 Å². The number of hydrogen-bond acceptors (Lipinski definition) is 4. The van der Waals surface area contributed by atoms with Gasteiger partial charge in [0.15, 0.2) is 0 Å². The summed E-state index contributed by atoms with van der Waals surface area (Å²) in [6, 6.07) is 1.32. The summed E-state index contributed by atoms with van der Waals surface area (Å²) in [6.45, 7) is 0. The molecule has 0 amide bonds. The molecule has 1 rings (SSSR count). The van der Waals surface area contributed by atoms with Gasteiger partial charge in [0.1, 0.15) is 0 Å². The highest BCUT2D eigenvalue weighted by Gasteiger charge is 1.88. The lowest BCUT2D eigenvalue weighted by Gasteiger charge is -1.96. The van der Waals surface area contributed by atoms with Gasteiger partial charge in [0.25, 0.3) is 0 Å². The molecule has 1 heterocycles. The maximum Gasteiger partial charge on any atom is 0.0732 e. The highest BCUT2D eigenvalue weighted by Crippen LogP contribution is 1.88. The predicted octanol–water partition coefficient (Wildman–Crippen LogP) is -1.16. The third-order valence-electron chi connectivity index (χ3n) is 0.820. The van der Waals surface area contributed by atoms with Crippen LogP contribution in [-0.4, -0.2) is 16.2 Å². The Bertz CT molecular complexity index is 209. The summed E-state index contributed by atoms with van der Waals surface area (Å²) in [6.07, 6.45) is 2.43. The first-order valence-corrected chi connectivity index (χ1v) is 2.29. The van der Waals surface area contributed by atoms with Gasteiger partial charge < -0.3 is 9.90 Å². The molecule has 0 radical (unpaired) electrons. The van der Waals surface area contributed by atoms with Crippen LogP contribution in [0.1, 0.15) is 10.4 Å². The van der Waals surface area contributed by atoms with Crippen molar-refractivity contribution in [3.63, 3.8) is 0 Å². The average molecular weight is 123 g/mol. The Balaban J connectivity index is 2.98. The number of aromatic carboxylic acids is 1. The van der Waals surface area contributed by atoms with E-state index in [1.165, 1.54) is 12.3 Å². The minimum Gasteiger partial charge on any atom is -0.545 e. The molecule has 9 heavy (non-hydrogen) atoms. The molecule has 0 saturated heterocycles. The summed E-state index contributed by atoms with van der Waals surface area (Å²) in [4.78, 5) is 10.0. The first-order chi connectivity index (χ1) is 4.30. The Labute approximate surface area is 51.2 Å². The van der Waals surface area contributed by atoms with Crippen molar-refractivity contribution < 1.29 is 9.90 Å². The number of nitrogens with zero attached hydrogens (tertiary/aromatic N) is 2. The van der Waals surface area contributed by atoms with Crippen LogP contribution in [0.4, 0.5) is 0 Å². The third kappa shape index (κ3) is 1.22. The summed E-state index contributed by atoms with van der Waals surface area (Å²) < 4.78 is 0. The molecule has 0 fully saturated rings. The lowest BCUT2D eigenvalue weighted by Crippen LogP contribution is -2.22. The highest BCUT2D eigenvalue weighted by atomic mass is 16.4. The van der Waals surface area contributed by atoms with Gasteiger partial charge in [0.05, 0.1) is 18.4 Å². The molecule has 4 nitrogen and oxygen atoms in total. The van der Waals surface area contributed by atoms with E-state index in [2.05, 4.69) is 10.2 Å². The van der Waals surface area contributed by atoms with Gasteiger partial charge >= 0.3 is 0 Å². The summed E-state index contributed by atoms with van der Waals surface area (Å²) in [5, 5.41) is 16.7. The Kier molecular flexibility index (Phi) is 1.40. The first-order valence-electron chi connectivity index (χ1n) is 2.29. The van der Waals surface area contributed by atoms with Crippen LogP contribution in [0.15, 0.2) is 18.5 Å². The van der Waals surface area contributed by atoms with Crippen molar-refractivity contribution in [1.29, 1.82) is 0 Å². The van der Waals surface area contributed by atoms with Crippen LogP contribution < -0.4 is 5.11 Å². The van der Waals surface area contributed by atoms with Crippen LogP contribution in [-0.2, 0) is 0 Å². The first kappa shape index (κ1) is 5.68. The van der Waals surface area contributed by atoms with Gasteiger partial charge in [0.2, 0.25) is 0 Å². The SMILES string of the molecule is O=C([O-])c1ccnnc1. The molecular weight excluding hydrogens is 120 g/mol. The molecule has 0 bridgehead atoms. The van der Waals surface area contributed by atoms with Crippen molar-refractivity contribution in [2.45, 2.75) is 0 Å². The number of carbonyl (C=O) groups is 1. The smallest absolute Gasteiger partial charge is 0.0732 e. The summed E-state index contributed by atoms with van der Waals surface area (Å²) in [5.74, 6) is -1.23. The Morgan fingerprint density at radius 2 is 2.33 bits per heavy atom. The lowest BCUT2D eigenvalue weighted by atomic mass is 10.3. The van der Waals surface area contributed by atoms with Crippen LogP contribution in [0, 0.1) is 0 Å². The fourth-order valence-electron chi connectivity index (χ4n) is 0.411. The number of rotatable bonds is 1. The quantitative estimate of drug-likeness (QED) is 0.472. The number of carboxylic acids is 1. The Hall–Kier alpha value is -1.45. The van der Waals surface area contributed by atoms with Gasteiger partial charge in [-0.15, -0.1) is 0 Å². The molecule has 0 aliphatic heterocycles. The van der Waals surface area contributed by atoms with Gasteiger partial charge in [-0.25, -0.2) is 0 Å². The molecule has 1 aromatic rings. The van der Waals surface area contributed by atoms with Gasteiger partial charge in [-0.2, -0.15) is 10.2 Å². The van der Waals surface area contributed by atoms with Gasteiger partial charge in [-0.05, 0) is 6.07 Å². The zero-order valence-corrected chi connectivity index (χ0v) is 4.44. The fourth-order valence-corrected chi connectivity index (χ4v) is 0.411. The molecule has 4 heteroatoms. The number of carbonyl (C=O) groups excluding carboxylic acids is 1. The van der Waals surface area contributed by atoms with Crippen molar-refractivity contribution in [3.8, 4) is 0 Å². The highest BCUT2D eigenvalue weighted by molar-refractivity contribution is 5.84. The average Bonchev–Trinajstić information content (AvgIpc) is 1.90. The largest absolute Gasteiger partial charge is 0.545 e. The zero-order chi connectivity index (χ0) is 6.69. The number of carboxylic acid groups (broad SMARTS) is 1. The van der Waals surface area contributed by atoms with Crippen molar-refractivity contribution in [3.05, 3.63) is 24.0 Å². The van der Waals surface area contributed by atoms with E-state index in [1.54, 1.807) is 0 Å². The van der Waals surface area contributed by atoms with Gasteiger partial charge in [-0.3, -0.25) is 0 Å². The standard InChI is InChI=1S/C5H4N2O2/c8-5(9)4-1-2-6-7-3-4/h1-3H,(H,8,9)/p-1. The van der Waals surface area contributed by atoms with Gasteiger partial charge in [0, 0.05) is 5.56 Å². The topological polar surface area (TPSA) is 65.9 Å². The second-order valence-electron chi connectivity index (χ2n) is 1.42. The van der Waals surface area contributed by atoms with Crippen molar-refractivity contribution in [2.75, 3.05) is 0 Å². The minimum atomic E-state index is -1.23. The second kappa shape index (κ2) is 2.21. The van der Waals surface area contributed by atoms with E-state index in [0.29, 0.717) is 0 Å². The van der Waals surface area contributed by atoms with Crippen LogP contribution >= 0.6 is 0 Å². The zero-order valence-electron chi connectivity index (χ0n) is 4.44. The second-order valence-corrected chi connectivity index (χ2v) is 1.42. The molecule has 0 aliphatic rings. The summed E-state index contributed by atoms with van der Waals surface area (Å²) >= 11 is 0. The fraction of sp³-hybridized carbons (Fsp3) is 0. The molecular formula is C5H3N2O2-. The Morgan fingerprint density at radius 1 is 1.56 bits per heavy atom.